The first-order chi connectivity index (χ1) is 12.0. The summed E-state index contributed by atoms with van der Waals surface area (Å²) in [5.41, 5.74) is 0.864. The molecular formula is C18H15F2NO4. The van der Waals surface area contributed by atoms with E-state index in [0.717, 1.165) is 5.56 Å². The summed E-state index contributed by atoms with van der Waals surface area (Å²) in [6.45, 7) is 0.499. The second-order valence-electron chi connectivity index (χ2n) is 5.36. The van der Waals surface area contributed by atoms with Crippen molar-refractivity contribution in [1.29, 1.82) is 0 Å². The molecule has 1 atom stereocenters. The molecule has 0 aliphatic carbocycles. The van der Waals surface area contributed by atoms with Crippen LogP contribution in [0, 0.1) is 11.6 Å². The highest BCUT2D eigenvalue weighted by atomic mass is 19.1. The van der Waals surface area contributed by atoms with Crippen LogP contribution < -0.4 is 10.1 Å². The second-order valence-corrected chi connectivity index (χ2v) is 5.36. The number of carbonyl (C=O) groups is 1. The van der Waals surface area contributed by atoms with Gasteiger partial charge >= 0.3 is 6.15 Å². The summed E-state index contributed by atoms with van der Waals surface area (Å²) in [5.74, 6) is -1.86. The molecular weight excluding hydrogens is 332 g/mol. The highest BCUT2D eigenvalue weighted by Gasteiger charge is 2.28. The molecule has 0 radical (unpaired) electrons. The molecule has 1 aliphatic rings. The first-order valence-electron chi connectivity index (χ1n) is 7.46. The number of hydrogen-bond donors (Lipinski definition) is 1. The smallest absolute Gasteiger partial charge is 0.373 e. The van der Waals surface area contributed by atoms with Crippen LogP contribution in [0.15, 0.2) is 42.5 Å². The van der Waals surface area contributed by atoms with Gasteiger partial charge in [-0.3, -0.25) is 4.79 Å². The summed E-state index contributed by atoms with van der Waals surface area (Å²) in [6, 6.07) is 11.7. The Balaban J connectivity index is 0.000000701. The van der Waals surface area contributed by atoms with E-state index >= 15 is 0 Å². The van der Waals surface area contributed by atoms with Gasteiger partial charge in [-0.05, 0) is 5.56 Å². The maximum atomic E-state index is 14.2. The van der Waals surface area contributed by atoms with Gasteiger partial charge in [0.2, 0.25) is 5.91 Å². The zero-order valence-electron chi connectivity index (χ0n) is 13.1. The second kappa shape index (κ2) is 8.70. The Morgan fingerprint density at radius 1 is 1.12 bits per heavy atom. The van der Waals surface area contributed by atoms with Crippen molar-refractivity contribution in [1.82, 2.24) is 5.32 Å². The van der Waals surface area contributed by atoms with E-state index in [1.807, 2.05) is 30.3 Å². The van der Waals surface area contributed by atoms with E-state index in [0.29, 0.717) is 0 Å². The van der Waals surface area contributed by atoms with E-state index in [4.69, 9.17) is 14.3 Å². The molecule has 1 fully saturated rings. The van der Waals surface area contributed by atoms with Crippen molar-refractivity contribution in [2.24, 2.45) is 0 Å². The van der Waals surface area contributed by atoms with E-state index in [2.05, 4.69) is 5.32 Å². The van der Waals surface area contributed by atoms with Crippen molar-refractivity contribution in [2.75, 3.05) is 6.54 Å². The minimum absolute atomic E-state index is 0.0505. The van der Waals surface area contributed by atoms with Crippen LogP contribution in [0.2, 0.25) is 0 Å². The first-order valence-corrected chi connectivity index (χ1v) is 7.46. The predicted octanol–water partition coefficient (Wildman–Crippen LogP) is 2.56. The van der Waals surface area contributed by atoms with Crippen LogP contribution in [-0.4, -0.2) is 18.6 Å². The van der Waals surface area contributed by atoms with E-state index in [9.17, 15) is 13.6 Å². The topological polar surface area (TPSA) is 72.5 Å². The van der Waals surface area contributed by atoms with E-state index in [1.165, 1.54) is 12.1 Å². The number of rotatable bonds is 4. The molecule has 0 aromatic heterocycles. The zero-order valence-corrected chi connectivity index (χ0v) is 13.1. The third-order valence-corrected chi connectivity index (χ3v) is 3.69. The van der Waals surface area contributed by atoms with Gasteiger partial charge in [0.15, 0.2) is 0 Å². The van der Waals surface area contributed by atoms with E-state index in [1.54, 1.807) is 0 Å². The van der Waals surface area contributed by atoms with Gasteiger partial charge in [-0.15, -0.1) is 0 Å². The predicted molar refractivity (Wildman–Crippen MR) is 82.5 cm³/mol. The molecule has 7 heteroatoms. The van der Waals surface area contributed by atoms with Crippen molar-refractivity contribution < 1.29 is 27.9 Å². The number of benzene rings is 2. The third kappa shape index (κ3) is 4.96. The summed E-state index contributed by atoms with van der Waals surface area (Å²) >= 11 is 0. The molecule has 0 saturated carbocycles. The van der Waals surface area contributed by atoms with Crippen LogP contribution in [-0.2, 0) is 21.0 Å². The minimum Gasteiger partial charge on any atom is -0.489 e. The lowest BCUT2D eigenvalue weighted by Crippen LogP contribution is -2.14. The fourth-order valence-electron chi connectivity index (χ4n) is 2.58. The van der Waals surface area contributed by atoms with Gasteiger partial charge in [0, 0.05) is 36.6 Å². The van der Waals surface area contributed by atoms with E-state index < -0.39 is 17.6 Å². The molecule has 1 aliphatic heterocycles. The lowest BCUT2D eigenvalue weighted by molar-refractivity contribution is -0.191. The normalized spacial score (nSPS) is 15.6. The largest absolute Gasteiger partial charge is 0.489 e. The van der Waals surface area contributed by atoms with Gasteiger partial charge in [0.1, 0.15) is 24.0 Å². The van der Waals surface area contributed by atoms with Crippen LogP contribution in [0.25, 0.3) is 0 Å². The monoisotopic (exact) mass is 347 g/mol. The third-order valence-electron chi connectivity index (χ3n) is 3.69. The van der Waals surface area contributed by atoms with Crippen molar-refractivity contribution in [3.05, 3.63) is 65.2 Å². The zero-order chi connectivity index (χ0) is 18.2. The number of hydrogen-bond acceptors (Lipinski definition) is 4. The van der Waals surface area contributed by atoms with Gasteiger partial charge in [0.25, 0.3) is 0 Å². The highest BCUT2D eigenvalue weighted by molar-refractivity contribution is 5.79. The van der Waals surface area contributed by atoms with Gasteiger partial charge in [0.05, 0.1) is 0 Å². The molecule has 130 valence electrons. The number of nitrogens with one attached hydrogen (secondary N) is 1. The molecule has 1 saturated heterocycles. The van der Waals surface area contributed by atoms with Gasteiger partial charge in [-0.1, -0.05) is 30.3 Å². The Labute approximate surface area is 142 Å². The lowest BCUT2D eigenvalue weighted by Gasteiger charge is -2.13. The lowest BCUT2D eigenvalue weighted by atomic mass is 9.97. The molecule has 0 unspecified atom stereocenters. The Hall–Kier alpha value is -3.05. The number of carbonyl (C=O) groups excluding carboxylic acids is 3. The molecule has 1 N–H and O–H groups in total. The molecule has 1 heterocycles. The van der Waals surface area contributed by atoms with Gasteiger partial charge < -0.3 is 10.1 Å². The number of halogens is 2. The fraction of sp³-hybridized carbons (Fsp3) is 0.222. The molecule has 1 amide bonds. The highest BCUT2D eigenvalue weighted by Crippen LogP contribution is 2.31. The summed E-state index contributed by atoms with van der Waals surface area (Å²) in [7, 11) is 0. The van der Waals surface area contributed by atoms with Crippen molar-refractivity contribution >= 4 is 12.1 Å². The summed E-state index contributed by atoms with van der Waals surface area (Å²) < 4.78 is 33.7. The van der Waals surface area contributed by atoms with Crippen LogP contribution >= 0.6 is 0 Å². The SMILES string of the molecule is O=C1C[C@H](c2c(F)cc(OCc3ccccc3)cc2F)CN1.O=C=O. The molecule has 2 aromatic carbocycles. The molecule has 3 rings (SSSR count). The van der Waals surface area contributed by atoms with Crippen LogP contribution in [0.3, 0.4) is 0 Å². The van der Waals surface area contributed by atoms with Crippen LogP contribution in [0.1, 0.15) is 23.5 Å². The summed E-state index contributed by atoms with van der Waals surface area (Å²) in [6.07, 6.45) is 0.359. The molecule has 0 spiro atoms. The van der Waals surface area contributed by atoms with Crippen LogP contribution in [0.5, 0.6) is 5.75 Å². The molecule has 25 heavy (non-hydrogen) atoms. The van der Waals surface area contributed by atoms with Crippen molar-refractivity contribution in [3.8, 4) is 5.75 Å². The maximum absolute atomic E-state index is 14.2. The Morgan fingerprint density at radius 2 is 1.72 bits per heavy atom. The summed E-state index contributed by atoms with van der Waals surface area (Å²) in [4.78, 5) is 27.4. The average molecular weight is 347 g/mol. The number of ether oxygens (including phenoxy) is 1. The summed E-state index contributed by atoms with van der Waals surface area (Å²) in [5, 5.41) is 2.58. The Bertz CT molecular complexity index is 751. The Morgan fingerprint density at radius 3 is 2.24 bits per heavy atom. The van der Waals surface area contributed by atoms with Crippen molar-refractivity contribution in [3.63, 3.8) is 0 Å². The number of amides is 1. The molecule has 5 nitrogen and oxygen atoms in total. The standard InChI is InChI=1S/C17H15F2NO2.CO2/c18-14-7-13(22-10-11-4-2-1-3-5-11)8-15(19)17(14)12-6-16(21)20-9-12;2-1-3/h1-5,7-8,12H,6,9-10H2,(H,20,21);/t12-;/m0./s1. The minimum atomic E-state index is -0.676. The average Bonchev–Trinajstić information content (AvgIpc) is 3.00. The van der Waals surface area contributed by atoms with Crippen molar-refractivity contribution in [2.45, 2.75) is 18.9 Å². The van der Waals surface area contributed by atoms with Gasteiger partial charge in [-0.2, -0.15) is 9.59 Å². The van der Waals surface area contributed by atoms with Crippen LogP contribution in [0.4, 0.5) is 8.78 Å². The van der Waals surface area contributed by atoms with E-state index in [-0.39, 0.29) is 42.9 Å². The molecule has 2 aromatic rings. The first kappa shape index (κ1) is 18.3. The van der Waals surface area contributed by atoms with Gasteiger partial charge in [-0.25, -0.2) is 8.78 Å². The maximum Gasteiger partial charge on any atom is 0.373 e. The Kier molecular flexibility index (Phi) is 6.37. The fourth-order valence-corrected chi connectivity index (χ4v) is 2.58. The molecule has 0 bridgehead atoms. The quantitative estimate of drug-likeness (QED) is 0.923.